The maximum Gasteiger partial charge on any atom is 0.311 e. The fourth-order valence-corrected chi connectivity index (χ4v) is 10.4. The first-order valence-corrected chi connectivity index (χ1v) is 14.0. The van der Waals surface area contributed by atoms with Gasteiger partial charge in [0.1, 0.15) is 5.78 Å². The van der Waals surface area contributed by atoms with E-state index in [1.807, 2.05) is 0 Å². The lowest BCUT2D eigenvalue weighted by Crippen LogP contribution is -2.66. The highest BCUT2D eigenvalue weighted by Gasteiger charge is 2.70. The number of hydrogen-bond acceptors (Lipinski definition) is 4. The number of esters is 1. The van der Waals surface area contributed by atoms with E-state index < -0.39 is 5.41 Å². The molecule has 0 aromatic heterocycles. The Morgan fingerprint density at radius 3 is 2.23 bits per heavy atom. The van der Waals surface area contributed by atoms with E-state index in [-0.39, 0.29) is 56.6 Å². The fourth-order valence-electron chi connectivity index (χ4n) is 10.4. The van der Waals surface area contributed by atoms with Gasteiger partial charge in [-0.05, 0) is 97.9 Å². The molecule has 5 aliphatic carbocycles. The predicted octanol–water partition coefficient (Wildman–Crippen LogP) is 6.71. The third kappa shape index (κ3) is 3.00. The normalized spacial score (nSPS) is 50.7. The summed E-state index contributed by atoms with van der Waals surface area (Å²) in [7, 11) is 1.50. The van der Waals surface area contributed by atoms with Crippen molar-refractivity contribution in [3.8, 4) is 0 Å². The van der Waals surface area contributed by atoms with Crippen LogP contribution in [0.3, 0.4) is 0 Å². The van der Waals surface area contributed by atoms with Crippen molar-refractivity contribution < 1.29 is 19.1 Å². The van der Waals surface area contributed by atoms with Crippen molar-refractivity contribution >= 4 is 17.5 Å². The van der Waals surface area contributed by atoms with Crippen LogP contribution < -0.4 is 0 Å². The van der Waals surface area contributed by atoms with Crippen molar-refractivity contribution in [2.75, 3.05) is 7.11 Å². The Morgan fingerprint density at radius 1 is 0.914 bits per heavy atom. The summed E-state index contributed by atoms with van der Waals surface area (Å²) in [4.78, 5) is 40.0. The van der Waals surface area contributed by atoms with Gasteiger partial charge in [0.25, 0.3) is 0 Å². The molecule has 5 rings (SSSR count). The number of Topliss-reactive ketones (excluding diaryl/α,β-unsaturated/α-hetero) is 1. The van der Waals surface area contributed by atoms with E-state index >= 15 is 0 Å². The van der Waals surface area contributed by atoms with Gasteiger partial charge in [-0.15, -0.1) is 0 Å². The highest BCUT2D eigenvalue weighted by Crippen LogP contribution is 2.74. The van der Waals surface area contributed by atoms with Crippen LogP contribution in [-0.2, 0) is 19.1 Å². The Labute approximate surface area is 212 Å². The molecule has 8 atom stereocenters. The zero-order valence-corrected chi connectivity index (χ0v) is 23.3. The maximum absolute atomic E-state index is 14.3. The lowest BCUT2D eigenvalue weighted by Gasteiger charge is -2.69. The van der Waals surface area contributed by atoms with Gasteiger partial charge in [0.15, 0.2) is 5.78 Å². The van der Waals surface area contributed by atoms with E-state index in [1.54, 1.807) is 0 Å². The molecule has 4 nitrogen and oxygen atoms in total. The van der Waals surface area contributed by atoms with Gasteiger partial charge in [-0.2, -0.15) is 0 Å². The van der Waals surface area contributed by atoms with E-state index in [2.05, 4.69) is 54.5 Å². The third-order valence-electron chi connectivity index (χ3n) is 13.0. The zero-order valence-electron chi connectivity index (χ0n) is 23.3. The Balaban J connectivity index is 1.62. The lowest BCUT2D eigenvalue weighted by molar-refractivity contribution is -0.188. The minimum absolute atomic E-state index is 0.0465. The maximum atomic E-state index is 14.3. The summed E-state index contributed by atoms with van der Waals surface area (Å²) in [6, 6.07) is 0. The number of carbonyl (C=O) groups is 3. The second kappa shape index (κ2) is 7.32. The zero-order chi connectivity index (χ0) is 25.8. The monoisotopic (exact) mass is 482 g/mol. The number of rotatable bonds is 1. The average Bonchev–Trinajstić information content (AvgIpc) is 2.78. The van der Waals surface area contributed by atoms with E-state index in [9.17, 15) is 14.4 Å². The number of allylic oxidation sites excluding steroid dienone is 2. The Bertz CT molecular complexity index is 1020. The van der Waals surface area contributed by atoms with Crippen LogP contribution in [0.1, 0.15) is 106 Å². The van der Waals surface area contributed by atoms with Crippen molar-refractivity contribution in [1.29, 1.82) is 0 Å². The van der Waals surface area contributed by atoms with Crippen molar-refractivity contribution in [3.63, 3.8) is 0 Å². The molecule has 0 aromatic rings. The fraction of sp³-hybridized carbons (Fsp3) is 0.839. The van der Waals surface area contributed by atoms with Crippen molar-refractivity contribution in [2.45, 2.75) is 106 Å². The second-order valence-corrected chi connectivity index (χ2v) is 14.9. The first-order chi connectivity index (χ1) is 16.1. The molecule has 0 saturated heterocycles. The molecule has 0 spiro atoms. The molecule has 0 bridgehead atoms. The van der Waals surface area contributed by atoms with Gasteiger partial charge in [-0.1, -0.05) is 47.1 Å². The Hall–Kier alpha value is -1.45. The summed E-state index contributed by atoms with van der Waals surface area (Å²) in [6.07, 6.45) is 10.3. The molecule has 4 saturated carbocycles. The standard InChI is InChI=1S/C31H46O4/c1-26(2)22-9-12-31(7)24(29(22,5)11-10-23(26)33)21(32)17-19-20-18-28(4,25(34)35-8)14-13-27(20,3)15-16-30(19,31)6/h17,20,22,24H,9-16,18H2,1-8H3/t20-,22-,24-,27-,28+,29-,30+,31+/m1/s1. The molecule has 194 valence electrons. The molecule has 0 amide bonds. The summed E-state index contributed by atoms with van der Waals surface area (Å²) in [5, 5.41) is 0. The third-order valence-corrected chi connectivity index (χ3v) is 13.0. The molecule has 0 heterocycles. The summed E-state index contributed by atoms with van der Waals surface area (Å²) >= 11 is 0. The van der Waals surface area contributed by atoms with E-state index in [1.165, 1.54) is 12.7 Å². The highest BCUT2D eigenvalue weighted by molar-refractivity contribution is 5.96. The van der Waals surface area contributed by atoms with Gasteiger partial charge in [-0.3, -0.25) is 14.4 Å². The van der Waals surface area contributed by atoms with E-state index in [0.717, 1.165) is 51.4 Å². The number of ketones is 2. The van der Waals surface area contributed by atoms with Crippen LogP contribution in [0.2, 0.25) is 0 Å². The van der Waals surface area contributed by atoms with E-state index in [0.29, 0.717) is 12.2 Å². The average molecular weight is 483 g/mol. The molecule has 4 heteroatoms. The topological polar surface area (TPSA) is 60.4 Å². The molecule has 0 radical (unpaired) electrons. The minimum atomic E-state index is -0.490. The van der Waals surface area contributed by atoms with Crippen LogP contribution in [0.4, 0.5) is 0 Å². The number of methoxy groups -OCH3 is 1. The minimum Gasteiger partial charge on any atom is -0.469 e. The van der Waals surface area contributed by atoms with Crippen LogP contribution in [-0.4, -0.2) is 24.6 Å². The quantitative estimate of drug-likeness (QED) is 0.390. The van der Waals surface area contributed by atoms with Crippen LogP contribution in [0.15, 0.2) is 11.6 Å². The van der Waals surface area contributed by atoms with Crippen LogP contribution >= 0.6 is 0 Å². The van der Waals surface area contributed by atoms with Crippen molar-refractivity contribution in [3.05, 3.63) is 11.6 Å². The lowest BCUT2D eigenvalue weighted by atomic mass is 9.33. The van der Waals surface area contributed by atoms with Gasteiger partial charge >= 0.3 is 5.97 Å². The van der Waals surface area contributed by atoms with Gasteiger partial charge in [-0.25, -0.2) is 0 Å². The smallest absolute Gasteiger partial charge is 0.311 e. The second-order valence-electron chi connectivity index (χ2n) is 14.9. The molecular weight excluding hydrogens is 436 g/mol. The SMILES string of the molecule is COC(=O)[C@@]1(C)CC[C@]2(C)CC[C@@]3(C)C(=CC(=O)[C@@H]4[C@]5(C)CCC(=O)C(C)(C)[C@H]5CC[C@@]43C)[C@H]2C1. The molecule has 0 unspecified atom stereocenters. The first kappa shape index (κ1) is 25.2. The summed E-state index contributed by atoms with van der Waals surface area (Å²) in [5.41, 5.74) is 0.244. The molecule has 5 aliphatic rings. The molecule has 0 aromatic carbocycles. The number of carbonyl (C=O) groups excluding carboxylic acids is 3. The van der Waals surface area contributed by atoms with Gasteiger partial charge < -0.3 is 4.74 Å². The molecule has 4 fully saturated rings. The van der Waals surface area contributed by atoms with Gasteiger partial charge in [0, 0.05) is 17.8 Å². The molecule has 0 aliphatic heterocycles. The summed E-state index contributed by atoms with van der Waals surface area (Å²) in [6.45, 7) is 15.9. The molecular formula is C31H46O4. The van der Waals surface area contributed by atoms with Crippen LogP contribution in [0, 0.1) is 50.2 Å². The Kier molecular flexibility index (Phi) is 5.27. The van der Waals surface area contributed by atoms with Crippen molar-refractivity contribution in [2.24, 2.45) is 50.2 Å². The largest absolute Gasteiger partial charge is 0.469 e. The van der Waals surface area contributed by atoms with Gasteiger partial charge in [0.05, 0.1) is 12.5 Å². The molecule has 0 N–H and O–H groups in total. The van der Waals surface area contributed by atoms with Crippen LogP contribution in [0.5, 0.6) is 0 Å². The first-order valence-electron chi connectivity index (χ1n) is 14.0. The number of ether oxygens (including phenoxy) is 1. The molecule has 35 heavy (non-hydrogen) atoms. The van der Waals surface area contributed by atoms with Gasteiger partial charge in [0.2, 0.25) is 0 Å². The van der Waals surface area contributed by atoms with E-state index in [4.69, 9.17) is 4.74 Å². The Morgan fingerprint density at radius 2 is 1.57 bits per heavy atom. The summed E-state index contributed by atoms with van der Waals surface area (Å²) < 4.78 is 5.24. The number of fused-ring (bicyclic) bond motifs is 7. The highest BCUT2D eigenvalue weighted by atomic mass is 16.5. The van der Waals surface area contributed by atoms with Crippen LogP contribution in [0.25, 0.3) is 0 Å². The summed E-state index contributed by atoms with van der Waals surface area (Å²) in [5.74, 6) is 0.980. The number of hydrogen-bond donors (Lipinski definition) is 0. The van der Waals surface area contributed by atoms with Crippen molar-refractivity contribution in [1.82, 2.24) is 0 Å². The predicted molar refractivity (Wildman–Crippen MR) is 136 cm³/mol.